The molecule has 25 heavy (non-hydrogen) atoms. The van der Waals surface area contributed by atoms with Gasteiger partial charge in [-0.25, -0.2) is 0 Å². The normalized spacial score (nSPS) is 16.9. The molecule has 2 heterocycles. The summed E-state index contributed by atoms with van der Waals surface area (Å²) in [5.74, 6) is 2.38. The van der Waals surface area contributed by atoms with E-state index in [1.54, 1.807) is 0 Å². The van der Waals surface area contributed by atoms with E-state index in [-0.39, 0.29) is 0 Å². The van der Waals surface area contributed by atoms with Crippen molar-refractivity contribution in [2.24, 2.45) is 12.0 Å². The number of nitrogens with one attached hydrogen (secondary N) is 1. The van der Waals surface area contributed by atoms with Crippen molar-refractivity contribution in [3.8, 4) is 5.75 Å². The maximum absolute atomic E-state index is 5.76. The summed E-state index contributed by atoms with van der Waals surface area (Å²) < 4.78 is 7.91. The predicted octanol–water partition coefficient (Wildman–Crippen LogP) is 2.99. The van der Waals surface area contributed by atoms with Crippen LogP contribution in [0.2, 0.25) is 0 Å². The average molecular weight is 340 g/mol. The lowest BCUT2D eigenvalue weighted by Gasteiger charge is -2.26. The van der Waals surface area contributed by atoms with Crippen molar-refractivity contribution < 1.29 is 4.74 Å². The van der Waals surface area contributed by atoms with Gasteiger partial charge in [0.2, 0.25) is 0 Å². The molecule has 0 spiro atoms. The molecule has 0 saturated heterocycles. The highest BCUT2D eigenvalue weighted by Gasteiger charge is 2.21. The molecule has 0 radical (unpaired) electrons. The van der Waals surface area contributed by atoms with E-state index in [4.69, 9.17) is 9.73 Å². The van der Waals surface area contributed by atoms with Crippen LogP contribution in [0, 0.1) is 0 Å². The van der Waals surface area contributed by atoms with E-state index in [0.29, 0.717) is 5.92 Å². The molecule has 1 atom stereocenters. The molecule has 5 heteroatoms. The Kier molecular flexibility index (Phi) is 5.64. The van der Waals surface area contributed by atoms with E-state index >= 15 is 0 Å². The predicted molar refractivity (Wildman–Crippen MR) is 102 cm³/mol. The van der Waals surface area contributed by atoms with Gasteiger partial charge in [-0.1, -0.05) is 18.2 Å². The van der Waals surface area contributed by atoms with Gasteiger partial charge in [0.05, 0.1) is 13.2 Å². The molecule has 1 N–H and O–H groups in total. The number of guanidine groups is 1. The second-order valence-electron chi connectivity index (χ2n) is 6.53. The Bertz CT molecular complexity index is 722. The van der Waals surface area contributed by atoms with Crippen molar-refractivity contribution >= 4 is 5.96 Å². The number of benzene rings is 1. The Morgan fingerprint density at radius 1 is 1.32 bits per heavy atom. The van der Waals surface area contributed by atoms with Crippen LogP contribution in [0.1, 0.15) is 30.5 Å². The quantitative estimate of drug-likeness (QED) is 0.672. The monoisotopic (exact) mass is 340 g/mol. The third-order valence-electron chi connectivity index (χ3n) is 4.69. The van der Waals surface area contributed by atoms with Gasteiger partial charge in [-0.15, -0.1) is 0 Å². The number of fused-ring (bicyclic) bond motifs is 1. The van der Waals surface area contributed by atoms with Crippen LogP contribution in [0.15, 0.2) is 47.6 Å². The Hall–Kier alpha value is -2.43. The van der Waals surface area contributed by atoms with Crippen molar-refractivity contribution in [1.29, 1.82) is 0 Å². The van der Waals surface area contributed by atoms with E-state index in [1.807, 2.05) is 6.07 Å². The van der Waals surface area contributed by atoms with Crippen LogP contribution in [-0.4, -0.2) is 42.2 Å². The molecule has 0 bridgehead atoms. The second kappa shape index (κ2) is 8.10. The summed E-state index contributed by atoms with van der Waals surface area (Å²) in [6.07, 6.45) is 3.09. The van der Waals surface area contributed by atoms with Crippen LogP contribution in [0.3, 0.4) is 0 Å². The Morgan fingerprint density at radius 2 is 2.16 bits per heavy atom. The summed E-state index contributed by atoms with van der Waals surface area (Å²) >= 11 is 0. The maximum Gasteiger partial charge on any atom is 0.194 e. The third-order valence-corrected chi connectivity index (χ3v) is 4.69. The summed E-state index contributed by atoms with van der Waals surface area (Å²) in [4.78, 5) is 7.10. The van der Waals surface area contributed by atoms with Crippen molar-refractivity contribution in [1.82, 2.24) is 14.8 Å². The molecule has 134 valence electrons. The van der Waals surface area contributed by atoms with Gasteiger partial charge in [0.15, 0.2) is 5.96 Å². The van der Waals surface area contributed by atoms with Gasteiger partial charge in [0, 0.05) is 45.0 Å². The topological polar surface area (TPSA) is 41.8 Å². The number of aromatic nitrogens is 1. The average Bonchev–Trinajstić information content (AvgIpc) is 3.03. The van der Waals surface area contributed by atoms with Crippen molar-refractivity contribution in [3.63, 3.8) is 0 Å². The number of para-hydroxylation sites is 1. The zero-order chi connectivity index (χ0) is 17.6. The molecular weight excluding hydrogens is 312 g/mol. The highest BCUT2D eigenvalue weighted by atomic mass is 16.5. The number of rotatable bonds is 5. The smallest absolute Gasteiger partial charge is 0.194 e. The van der Waals surface area contributed by atoms with Crippen LogP contribution < -0.4 is 10.1 Å². The molecule has 1 unspecified atom stereocenters. The number of hydrogen-bond donors (Lipinski definition) is 1. The minimum atomic E-state index is 0.419. The van der Waals surface area contributed by atoms with Gasteiger partial charge in [-0.05, 0) is 37.1 Å². The minimum Gasteiger partial charge on any atom is -0.493 e. The van der Waals surface area contributed by atoms with E-state index in [1.165, 1.54) is 11.3 Å². The van der Waals surface area contributed by atoms with Crippen molar-refractivity contribution in [2.45, 2.75) is 25.8 Å². The van der Waals surface area contributed by atoms with Crippen molar-refractivity contribution in [3.05, 3.63) is 53.9 Å². The van der Waals surface area contributed by atoms with E-state index in [2.05, 4.69) is 72.3 Å². The molecule has 1 aromatic carbocycles. The van der Waals surface area contributed by atoms with E-state index < -0.39 is 0 Å². The molecular formula is C20H28N4O. The highest BCUT2D eigenvalue weighted by molar-refractivity contribution is 5.79. The molecule has 2 aromatic rings. The fourth-order valence-electron chi connectivity index (χ4n) is 3.25. The van der Waals surface area contributed by atoms with Gasteiger partial charge in [0.25, 0.3) is 0 Å². The van der Waals surface area contributed by atoms with Gasteiger partial charge in [-0.3, -0.25) is 4.99 Å². The summed E-state index contributed by atoms with van der Waals surface area (Å²) in [7, 11) is 4.17. The fourth-order valence-corrected chi connectivity index (χ4v) is 3.25. The minimum absolute atomic E-state index is 0.419. The first-order chi connectivity index (χ1) is 12.2. The van der Waals surface area contributed by atoms with Gasteiger partial charge < -0.3 is 19.5 Å². The molecule has 3 rings (SSSR count). The van der Waals surface area contributed by atoms with Gasteiger partial charge in [0.1, 0.15) is 5.75 Å². The lowest BCUT2D eigenvalue weighted by atomic mass is 9.93. The zero-order valence-corrected chi connectivity index (χ0v) is 15.4. The molecule has 0 amide bonds. The molecule has 0 saturated carbocycles. The maximum atomic E-state index is 5.76. The molecule has 5 nitrogen and oxygen atoms in total. The standard InChI is InChI=1S/C20H28N4O/c1-4-21-20(24(3)15-17-8-7-12-23(17)2)22-14-16-11-13-25-19-10-6-5-9-18(16)19/h5-10,12,16H,4,11,13-15H2,1-3H3,(H,21,22). The Balaban J connectivity index is 1.71. The lowest BCUT2D eigenvalue weighted by molar-refractivity contribution is 0.268. The Morgan fingerprint density at radius 3 is 2.92 bits per heavy atom. The highest BCUT2D eigenvalue weighted by Crippen LogP contribution is 2.33. The number of aliphatic imine (C=N–C) groups is 1. The number of ether oxygens (including phenoxy) is 1. The van der Waals surface area contributed by atoms with E-state index in [9.17, 15) is 0 Å². The van der Waals surface area contributed by atoms with Crippen LogP contribution in [-0.2, 0) is 13.6 Å². The first-order valence-electron chi connectivity index (χ1n) is 9.00. The number of aryl methyl sites for hydroxylation is 1. The first kappa shape index (κ1) is 17.4. The zero-order valence-electron chi connectivity index (χ0n) is 15.4. The number of nitrogens with zero attached hydrogens (tertiary/aromatic N) is 3. The molecule has 1 aromatic heterocycles. The summed E-state index contributed by atoms with van der Waals surface area (Å²) in [5, 5.41) is 3.41. The van der Waals surface area contributed by atoms with E-state index in [0.717, 1.165) is 44.4 Å². The summed E-state index contributed by atoms with van der Waals surface area (Å²) in [6.45, 7) is 5.35. The molecule has 0 fully saturated rings. The first-order valence-corrected chi connectivity index (χ1v) is 9.00. The van der Waals surface area contributed by atoms with Crippen LogP contribution in [0.5, 0.6) is 5.75 Å². The molecule has 1 aliphatic heterocycles. The van der Waals surface area contributed by atoms with Gasteiger partial charge in [-0.2, -0.15) is 0 Å². The van der Waals surface area contributed by atoms with Crippen LogP contribution >= 0.6 is 0 Å². The van der Waals surface area contributed by atoms with Crippen LogP contribution in [0.4, 0.5) is 0 Å². The lowest BCUT2D eigenvalue weighted by Crippen LogP contribution is -2.39. The van der Waals surface area contributed by atoms with Crippen molar-refractivity contribution in [2.75, 3.05) is 26.7 Å². The number of hydrogen-bond acceptors (Lipinski definition) is 2. The summed E-state index contributed by atoms with van der Waals surface area (Å²) in [6, 6.07) is 12.5. The molecule has 1 aliphatic rings. The molecule has 0 aliphatic carbocycles. The third kappa shape index (κ3) is 4.16. The Labute approximate surface area is 150 Å². The SMILES string of the molecule is CCNC(=NCC1CCOc2ccccc21)N(C)Cc1cccn1C. The second-order valence-corrected chi connectivity index (χ2v) is 6.53. The largest absolute Gasteiger partial charge is 0.493 e. The summed E-state index contributed by atoms with van der Waals surface area (Å²) in [5.41, 5.74) is 2.54. The fraction of sp³-hybridized carbons (Fsp3) is 0.450. The van der Waals surface area contributed by atoms with Crippen LogP contribution in [0.25, 0.3) is 0 Å². The van der Waals surface area contributed by atoms with Gasteiger partial charge >= 0.3 is 0 Å².